The molecule has 6 heterocycles. The minimum absolute atomic E-state index is 0.104. The molecule has 6 aliphatic rings. The van der Waals surface area contributed by atoms with Crippen LogP contribution in [0.15, 0.2) is 60.1 Å². The van der Waals surface area contributed by atoms with Crippen molar-refractivity contribution in [2.45, 2.75) is 82.5 Å². The fraction of sp³-hybridized carbons (Fsp3) is 0.524. The van der Waals surface area contributed by atoms with Crippen molar-refractivity contribution in [3.63, 3.8) is 0 Å². The van der Waals surface area contributed by atoms with Gasteiger partial charge in [0, 0.05) is 69.0 Å². The van der Waals surface area contributed by atoms with Crippen LogP contribution in [0.4, 0.5) is 5.69 Å². The average Bonchev–Trinajstić information content (AvgIpc) is 3.45. The summed E-state index contributed by atoms with van der Waals surface area (Å²) in [6, 6.07) is 12.9. The van der Waals surface area contributed by atoms with E-state index < -0.39 is 23.8 Å². The number of phenols is 1. The molecule has 14 heteroatoms. The zero-order chi connectivity index (χ0) is 39.1. The van der Waals surface area contributed by atoms with Crippen LogP contribution in [0.25, 0.3) is 5.70 Å². The molecule has 0 bridgehead atoms. The van der Waals surface area contributed by atoms with Crippen molar-refractivity contribution in [3.05, 3.63) is 76.7 Å². The molecule has 0 aliphatic carbocycles. The lowest BCUT2D eigenvalue weighted by Gasteiger charge is -2.50. The van der Waals surface area contributed by atoms with Gasteiger partial charge in [-0.2, -0.15) is 0 Å². The number of carbonyl (C=O) groups excluding carboxylic acids is 4. The second kappa shape index (κ2) is 15.8. The summed E-state index contributed by atoms with van der Waals surface area (Å²) in [5, 5.41) is 16.0. The molecule has 7 N–H and O–H groups in total. The van der Waals surface area contributed by atoms with Gasteiger partial charge >= 0.3 is 0 Å². The van der Waals surface area contributed by atoms with Gasteiger partial charge in [0.2, 0.25) is 11.8 Å². The molecule has 14 nitrogen and oxygen atoms in total. The second-order valence-corrected chi connectivity index (χ2v) is 16.4. The van der Waals surface area contributed by atoms with Gasteiger partial charge in [-0.1, -0.05) is 18.2 Å². The van der Waals surface area contributed by atoms with Gasteiger partial charge < -0.3 is 36.6 Å². The first-order valence-electron chi connectivity index (χ1n) is 20.4. The van der Waals surface area contributed by atoms with Gasteiger partial charge in [0.05, 0.1) is 28.6 Å². The number of likely N-dealkylation sites (tertiary alicyclic amines) is 1. The molecule has 4 fully saturated rings. The van der Waals surface area contributed by atoms with Crippen LogP contribution in [0, 0.1) is 5.92 Å². The van der Waals surface area contributed by atoms with E-state index in [1.54, 1.807) is 18.2 Å². The summed E-state index contributed by atoms with van der Waals surface area (Å²) < 4.78 is 0. The number of nitrogens with two attached hydrogens (primary N) is 2. The fourth-order valence-electron chi connectivity index (χ4n) is 9.95. The molecule has 4 atom stereocenters. The van der Waals surface area contributed by atoms with Gasteiger partial charge in [0.25, 0.3) is 11.8 Å². The molecule has 8 rings (SSSR count). The topological polar surface area (TPSA) is 181 Å². The van der Waals surface area contributed by atoms with Gasteiger partial charge in [0.1, 0.15) is 17.6 Å². The fourth-order valence-corrected chi connectivity index (χ4v) is 9.95. The lowest BCUT2D eigenvalue weighted by atomic mass is 9.90. The van der Waals surface area contributed by atoms with Crippen molar-refractivity contribution in [1.29, 1.82) is 0 Å². The minimum Gasteiger partial charge on any atom is -0.507 e. The highest BCUT2D eigenvalue weighted by Crippen LogP contribution is 2.37. The van der Waals surface area contributed by atoms with Crippen molar-refractivity contribution < 1.29 is 24.3 Å². The molecule has 4 amide bonds. The molecule has 4 unspecified atom stereocenters. The quantitative estimate of drug-likeness (QED) is 0.236. The highest BCUT2D eigenvalue weighted by Gasteiger charge is 2.46. The number of benzene rings is 2. The Morgan fingerprint density at radius 2 is 1.73 bits per heavy atom. The van der Waals surface area contributed by atoms with Crippen molar-refractivity contribution >= 4 is 35.0 Å². The number of amides is 4. The number of phenolic OH excluding ortho intramolecular Hbond substituents is 1. The lowest BCUT2D eigenvalue weighted by molar-refractivity contribution is -0.136. The standard InChI is InChI=1S/C42H55N9O5/c1-26-22-28(49-20-21-50-29(25-49)24-45-39(44)35(50)23-32(43)30-7-2-3-10-36(30)52)15-19-47(26)16-5-6-27-13-17-48(18-14-27)33-9-4-8-31-38(33)42(56)51(41(31)55)34-11-12-37(53)46-40(34)54/h2-4,7-10,23,26-29,34,45,52H,5-6,11-22,24-25,43-44H2,1H3,(H,46,53,54)/b32-23-. The number of imide groups is 2. The average molecular weight is 766 g/mol. The lowest BCUT2D eigenvalue weighted by Crippen LogP contribution is -2.62. The predicted molar refractivity (Wildman–Crippen MR) is 213 cm³/mol. The van der Waals surface area contributed by atoms with Gasteiger partial charge in [0.15, 0.2) is 0 Å². The molecule has 0 spiro atoms. The Morgan fingerprint density at radius 3 is 2.50 bits per heavy atom. The van der Waals surface area contributed by atoms with Crippen molar-refractivity contribution in [1.82, 2.24) is 30.2 Å². The van der Waals surface area contributed by atoms with Crippen molar-refractivity contribution in [3.8, 4) is 5.75 Å². The third-order valence-corrected chi connectivity index (χ3v) is 13.1. The van der Waals surface area contributed by atoms with E-state index in [1.807, 2.05) is 30.3 Å². The predicted octanol–water partition coefficient (Wildman–Crippen LogP) is 2.36. The van der Waals surface area contributed by atoms with Crippen LogP contribution in [-0.2, 0) is 9.59 Å². The number of piperazine rings is 1. The third kappa shape index (κ3) is 7.32. The molecule has 0 radical (unpaired) electrons. The summed E-state index contributed by atoms with van der Waals surface area (Å²) in [6.45, 7) is 9.83. The number of anilines is 1. The Balaban J connectivity index is 0.791. The van der Waals surface area contributed by atoms with Crippen LogP contribution in [0.1, 0.15) is 84.6 Å². The number of para-hydroxylation sites is 1. The van der Waals surface area contributed by atoms with E-state index >= 15 is 0 Å². The van der Waals surface area contributed by atoms with E-state index in [1.165, 1.54) is 6.42 Å². The number of hydrogen-bond donors (Lipinski definition) is 5. The first kappa shape index (κ1) is 37.8. The van der Waals surface area contributed by atoms with Crippen LogP contribution in [-0.4, -0.2) is 125 Å². The number of rotatable bonds is 9. The van der Waals surface area contributed by atoms with E-state index in [9.17, 15) is 24.3 Å². The molecule has 2 aromatic carbocycles. The van der Waals surface area contributed by atoms with Gasteiger partial charge in [-0.25, -0.2) is 0 Å². The number of fused-ring (bicyclic) bond motifs is 2. The summed E-state index contributed by atoms with van der Waals surface area (Å²) in [7, 11) is 0. The summed E-state index contributed by atoms with van der Waals surface area (Å²) in [6.07, 6.45) is 8.86. The molecule has 2 aromatic rings. The molecular weight excluding hydrogens is 711 g/mol. The van der Waals surface area contributed by atoms with E-state index in [0.717, 1.165) is 101 Å². The first-order valence-corrected chi connectivity index (χ1v) is 20.4. The number of aromatic hydroxyl groups is 1. The summed E-state index contributed by atoms with van der Waals surface area (Å²) in [4.78, 5) is 62.2. The van der Waals surface area contributed by atoms with E-state index in [-0.39, 0.29) is 30.5 Å². The van der Waals surface area contributed by atoms with Crippen LogP contribution < -0.4 is 27.0 Å². The highest BCUT2D eigenvalue weighted by atomic mass is 16.3. The zero-order valence-electron chi connectivity index (χ0n) is 32.3. The molecule has 6 aliphatic heterocycles. The molecule has 0 saturated carbocycles. The number of nitrogens with one attached hydrogen (secondary N) is 2. The molecule has 298 valence electrons. The zero-order valence-corrected chi connectivity index (χ0v) is 32.3. The van der Waals surface area contributed by atoms with E-state index in [2.05, 4.69) is 37.2 Å². The number of allylic oxidation sites excluding steroid dienone is 1. The van der Waals surface area contributed by atoms with Crippen LogP contribution in [0.5, 0.6) is 5.75 Å². The summed E-state index contributed by atoms with van der Waals surface area (Å²) in [5.74, 6) is -0.483. The molecule has 56 heavy (non-hydrogen) atoms. The minimum atomic E-state index is -0.962. The second-order valence-electron chi connectivity index (χ2n) is 16.4. The largest absolute Gasteiger partial charge is 0.507 e. The maximum absolute atomic E-state index is 13.6. The Labute approximate surface area is 328 Å². The van der Waals surface area contributed by atoms with Crippen molar-refractivity contribution in [2.24, 2.45) is 17.4 Å². The normalized spacial score (nSPS) is 27.0. The number of carbonyl (C=O) groups is 4. The number of piperidine rings is 3. The smallest absolute Gasteiger partial charge is 0.264 e. The van der Waals surface area contributed by atoms with Crippen molar-refractivity contribution in [2.75, 3.05) is 57.3 Å². The summed E-state index contributed by atoms with van der Waals surface area (Å²) in [5.41, 5.74) is 16.3. The Hall–Kier alpha value is -5.08. The Bertz CT molecular complexity index is 1940. The van der Waals surface area contributed by atoms with E-state index in [0.29, 0.717) is 46.2 Å². The molecule has 4 saturated heterocycles. The van der Waals surface area contributed by atoms with Crippen LogP contribution in [0.2, 0.25) is 0 Å². The Kier molecular flexibility index (Phi) is 10.7. The SMILES string of the molecule is CC1CC(N2CCN3C(/C=C(\N)c4ccccc4O)=C(N)NCC3C2)CCN1CCCC1CCN(c2cccc3c2C(=O)N(C2CCC(=O)NC2=O)C3=O)CC1. The maximum Gasteiger partial charge on any atom is 0.264 e. The van der Waals surface area contributed by atoms with Gasteiger partial charge in [-0.15, -0.1) is 0 Å². The molecule has 0 aromatic heterocycles. The number of nitrogens with zero attached hydrogens (tertiary/aromatic N) is 5. The van der Waals surface area contributed by atoms with E-state index in [4.69, 9.17) is 11.5 Å². The maximum atomic E-state index is 13.6. The van der Waals surface area contributed by atoms with Crippen LogP contribution in [0.3, 0.4) is 0 Å². The monoisotopic (exact) mass is 765 g/mol. The summed E-state index contributed by atoms with van der Waals surface area (Å²) >= 11 is 0. The third-order valence-electron chi connectivity index (χ3n) is 13.1. The molecular formula is C42H55N9O5. The number of hydrogen-bond acceptors (Lipinski definition) is 12. The Morgan fingerprint density at radius 1 is 0.929 bits per heavy atom. The highest BCUT2D eigenvalue weighted by molar-refractivity contribution is 6.25. The van der Waals surface area contributed by atoms with Gasteiger partial charge in [-0.3, -0.25) is 34.3 Å². The van der Waals surface area contributed by atoms with Crippen LogP contribution >= 0.6 is 0 Å². The van der Waals surface area contributed by atoms with Gasteiger partial charge in [-0.05, 0) is 101 Å². The first-order chi connectivity index (χ1) is 27.1.